The van der Waals surface area contributed by atoms with Crippen molar-refractivity contribution in [2.24, 2.45) is 0 Å². The molecular formula is C15H17FN2O. The molecular weight excluding hydrogens is 243 g/mol. The Kier molecular flexibility index (Phi) is 3.90. The molecule has 0 saturated carbocycles. The zero-order valence-corrected chi connectivity index (χ0v) is 11.0. The summed E-state index contributed by atoms with van der Waals surface area (Å²) in [6.45, 7) is 4.27. The van der Waals surface area contributed by atoms with Gasteiger partial charge in [0, 0.05) is 0 Å². The summed E-state index contributed by atoms with van der Waals surface area (Å²) in [5.74, 6) is 0.293. The molecule has 0 saturated heterocycles. The molecule has 3 nitrogen and oxygen atoms in total. The molecule has 0 atom stereocenters. The van der Waals surface area contributed by atoms with Gasteiger partial charge in [0.15, 0.2) is 0 Å². The number of aryl methyl sites for hydroxylation is 1. The van der Waals surface area contributed by atoms with Gasteiger partial charge in [-0.3, -0.25) is 0 Å². The maximum absolute atomic E-state index is 13.8. The molecule has 0 aliphatic carbocycles. The van der Waals surface area contributed by atoms with Crippen molar-refractivity contribution in [3.8, 4) is 5.75 Å². The number of nitrogen functional groups attached to an aromatic ring is 1. The summed E-state index contributed by atoms with van der Waals surface area (Å²) in [6, 6.07) is 10.4. The molecule has 0 unspecified atom stereocenters. The van der Waals surface area contributed by atoms with Crippen LogP contribution in [-0.2, 0) is 0 Å². The summed E-state index contributed by atoms with van der Waals surface area (Å²) in [7, 11) is 0. The fourth-order valence-electron chi connectivity index (χ4n) is 1.80. The van der Waals surface area contributed by atoms with Crippen LogP contribution in [0.4, 0.5) is 21.5 Å². The van der Waals surface area contributed by atoms with Gasteiger partial charge >= 0.3 is 0 Å². The van der Waals surface area contributed by atoms with E-state index in [0.29, 0.717) is 29.4 Å². The zero-order valence-electron chi connectivity index (χ0n) is 11.0. The molecule has 0 aliphatic rings. The molecule has 2 rings (SSSR count). The van der Waals surface area contributed by atoms with E-state index >= 15 is 0 Å². The summed E-state index contributed by atoms with van der Waals surface area (Å²) in [5.41, 5.74) is 8.37. The Morgan fingerprint density at radius 2 is 2.00 bits per heavy atom. The van der Waals surface area contributed by atoms with E-state index in [1.807, 2.05) is 26.0 Å². The van der Waals surface area contributed by atoms with Crippen LogP contribution in [-0.4, -0.2) is 6.61 Å². The van der Waals surface area contributed by atoms with E-state index in [-0.39, 0.29) is 5.82 Å². The van der Waals surface area contributed by atoms with E-state index in [0.717, 1.165) is 5.56 Å². The molecule has 4 heteroatoms. The Morgan fingerprint density at radius 1 is 1.21 bits per heavy atom. The van der Waals surface area contributed by atoms with E-state index in [9.17, 15) is 4.39 Å². The molecule has 0 amide bonds. The minimum atomic E-state index is -0.304. The molecule has 100 valence electrons. The van der Waals surface area contributed by atoms with Gasteiger partial charge in [0.1, 0.15) is 11.6 Å². The Morgan fingerprint density at radius 3 is 2.68 bits per heavy atom. The van der Waals surface area contributed by atoms with Crippen LogP contribution in [0, 0.1) is 12.7 Å². The maximum atomic E-state index is 13.8. The quantitative estimate of drug-likeness (QED) is 0.821. The molecule has 19 heavy (non-hydrogen) atoms. The topological polar surface area (TPSA) is 47.3 Å². The van der Waals surface area contributed by atoms with Crippen molar-refractivity contribution in [3.05, 3.63) is 47.8 Å². The standard InChI is InChI=1S/C15H17FN2O/c1-3-19-14-6-4-5-13(15(14)17)18-12-8-7-10(2)9-11(12)16/h4-9,18H,3,17H2,1-2H3. The molecule has 0 heterocycles. The molecule has 0 aliphatic heterocycles. The van der Waals surface area contributed by atoms with Gasteiger partial charge in [-0.25, -0.2) is 4.39 Å². The highest BCUT2D eigenvalue weighted by atomic mass is 19.1. The number of para-hydroxylation sites is 1. The molecule has 0 aromatic heterocycles. The van der Waals surface area contributed by atoms with Crippen LogP contribution in [0.1, 0.15) is 12.5 Å². The van der Waals surface area contributed by atoms with Gasteiger partial charge in [0.2, 0.25) is 0 Å². The molecule has 0 spiro atoms. The van der Waals surface area contributed by atoms with Crippen molar-refractivity contribution in [1.29, 1.82) is 0 Å². The van der Waals surface area contributed by atoms with Gasteiger partial charge in [-0.15, -0.1) is 0 Å². The number of halogens is 1. The third-order valence-electron chi connectivity index (χ3n) is 2.76. The SMILES string of the molecule is CCOc1cccc(Nc2ccc(C)cc2F)c1N. The summed E-state index contributed by atoms with van der Waals surface area (Å²) in [5, 5.41) is 2.99. The fourth-order valence-corrected chi connectivity index (χ4v) is 1.80. The molecule has 2 aromatic carbocycles. The molecule has 0 fully saturated rings. The second kappa shape index (κ2) is 5.61. The Balaban J connectivity index is 2.30. The third kappa shape index (κ3) is 2.96. The van der Waals surface area contributed by atoms with E-state index in [1.54, 1.807) is 18.2 Å². The first-order valence-corrected chi connectivity index (χ1v) is 6.16. The average Bonchev–Trinajstić information content (AvgIpc) is 2.37. The number of nitrogens with two attached hydrogens (primary N) is 1. The number of ether oxygens (including phenoxy) is 1. The normalized spacial score (nSPS) is 10.3. The van der Waals surface area contributed by atoms with Gasteiger partial charge < -0.3 is 15.8 Å². The predicted octanol–water partition coefficient (Wildman–Crippen LogP) is 3.86. The zero-order chi connectivity index (χ0) is 13.8. The van der Waals surface area contributed by atoms with Crippen LogP contribution < -0.4 is 15.8 Å². The highest BCUT2D eigenvalue weighted by Gasteiger charge is 2.08. The van der Waals surface area contributed by atoms with Gasteiger partial charge in [-0.2, -0.15) is 0 Å². The number of hydrogen-bond donors (Lipinski definition) is 2. The molecule has 0 radical (unpaired) electrons. The third-order valence-corrected chi connectivity index (χ3v) is 2.76. The van der Waals surface area contributed by atoms with Crippen LogP contribution in [0.2, 0.25) is 0 Å². The Hall–Kier alpha value is -2.23. The van der Waals surface area contributed by atoms with Crippen molar-refractivity contribution in [1.82, 2.24) is 0 Å². The van der Waals surface area contributed by atoms with E-state index in [1.165, 1.54) is 6.07 Å². The monoisotopic (exact) mass is 260 g/mol. The Labute approximate surface area is 112 Å². The average molecular weight is 260 g/mol. The smallest absolute Gasteiger partial charge is 0.146 e. The summed E-state index contributed by atoms with van der Waals surface area (Å²) >= 11 is 0. The molecule has 0 bridgehead atoms. The van der Waals surface area contributed by atoms with Gasteiger partial charge in [0.25, 0.3) is 0 Å². The maximum Gasteiger partial charge on any atom is 0.146 e. The Bertz CT molecular complexity index is 584. The summed E-state index contributed by atoms with van der Waals surface area (Å²) < 4.78 is 19.2. The number of rotatable bonds is 4. The van der Waals surface area contributed by atoms with E-state index in [2.05, 4.69) is 5.32 Å². The number of hydrogen-bond acceptors (Lipinski definition) is 3. The van der Waals surface area contributed by atoms with Crippen molar-refractivity contribution in [2.45, 2.75) is 13.8 Å². The van der Waals surface area contributed by atoms with Crippen molar-refractivity contribution in [3.63, 3.8) is 0 Å². The largest absolute Gasteiger partial charge is 0.492 e. The summed E-state index contributed by atoms with van der Waals surface area (Å²) in [4.78, 5) is 0. The first-order valence-electron chi connectivity index (χ1n) is 6.16. The van der Waals surface area contributed by atoms with Gasteiger partial charge in [0.05, 0.1) is 23.7 Å². The van der Waals surface area contributed by atoms with E-state index in [4.69, 9.17) is 10.5 Å². The molecule has 3 N–H and O–H groups in total. The lowest BCUT2D eigenvalue weighted by Gasteiger charge is -2.13. The van der Waals surface area contributed by atoms with Crippen molar-refractivity contribution < 1.29 is 9.13 Å². The van der Waals surface area contributed by atoms with Crippen LogP contribution in [0.5, 0.6) is 5.75 Å². The van der Waals surface area contributed by atoms with Crippen molar-refractivity contribution in [2.75, 3.05) is 17.7 Å². The second-order valence-corrected chi connectivity index (χ2v) is 4.26. The predicted molar refractivity (Wildman–Crippen MR) is 76.4 cm³/mol. The number of anilines is 3. The lowest BCUT2D eigenvalue weighted by molar-refractivity contribution is 0.342. The molecule has 2 aromatic rings. The van der Waals surface area contributed by atoms with Crippen LogP contribution >= 0.6 is 0 Å². The van der Waals surface area contributed by atoms with Crippen LogP contribution in [0.15, 0.2) is 36.4 Å². The second-order valence-electron chi connectivity index (χ2n) is 4.26. The lowest BCUT2D eigenvalue weighted by atomic mass is 10.2. The summed E-state index contributed by atoms with van der Waals surface area (Å²) in [6.07, 6.45) is 0. The van der Waals surface area contributed by atoms with Crippen molar-refractivity contribution >= 4 is 17.1 Å². The minimum absolute atomic E-state index is 0.304. The first kappa shape index (κ1) is 13.2. The van der Waals surface area contributed by atoms with E-state index < -0.39 is 0 Å². The fraction of sp³-hybridized carbons (Fsp3) is 0.200. The highest BCUT2D eigenvalue weighted by Crippen LogP contribution is 2.32. The number of benzene rings is 2. The van der Waals surface area contributed by atoms with Gasteiger partial charge in [-0.05, 0) is 43.7 Å². The van der Waals surface area contributed by atoms with Gasteiger partial charge in [-0.1, -0.05) is 12.1 Å². The van der Waals surface area contributed by atoms with Crippen LogP contribution in [0.25, 0.3) is 0 Å². The number of nitrogens with one attached hydrogen (secondary N) is 1. The lowest BCUT2D eigenvalue weighted by Crippen LogP contribution is -2.02. The highest BCUT2D eigenvalue weighted by molar-refractivity contribution is 5.77. The van der Waals surface area contributed by atoms with Crippen LogP contribution in [0.3, 0.4) is 0 Å². The minimum Gasteiger partial charge on any atom is -0.492 e. The first-order chi connectivity index (χ1) is 9.11.